The Morgan fingerprint density at radius 2 is 2.23 bits per heavy atom. The van der Waals surface area contributed by atoms with Crippen molar-refractivity contribution in [2.45, 2.75) is 12.5 Å². The smallest absolute Gasteiger partial charge is 0.134 e. The van der Waals surface area contributed by atoms with Gasteiger partial charge in [-0.3, -0.25) is 0 Å². The van der Waals surface area contributed by atoms with Crippen molar-refractivity contribution in [3.63, 3.8) is 0 Å². The largest absolute Gasteiger partial charge is 0.487 e. The van der Waals surface area contributed by atoms with Crippen molar-refractivity contribution in [1.29, 1.82) is 0 Å². The minimum atomic E-state index is 0.221. The van der Waals surface area contributed by atoms with E-state index >= 15 is 0 Å². The molecule has 1 fully saturated rings. The van der Waals surface area contributed by atoms with Crippen molar-refractivity contribution in [1.82, 2.24) is 0 Å². The summed E-state index contributed by atoms with van der Waals surface area (Å²) in [5.74, 6) is 0.901. The lowest BCUT2D eigenvalue weighted by Gasteiger charge is -2.12. The quantitative estimate of drug-likeness (QED) is 0.794. The minimum Gasteiger partial charge on any atom is -0.487 e. The highest BCUT2D eigenvalue weighted by molar-refractivity contribution is 9.10. The van der Waals surface area contributed by atoms with Gasteiger partial charge >= 0.3 is 0 Å². The van der Waals surface area contributed by atoms with Gasteiger partial charge in [0.2, 0.25) is 0 Å². The third kappa shape index (κ3) is 2.23. The molecule has 0 amide bonds. The van der Waals surface area contributed by atoms with E-state index < -0.39 is 0 Å². The number of rotatable bonds is 2. The molecule has 0 aromatic heterocycles. The molecular formula is C10H11BrO2. The Labute approximate surface area is 86.0 Å². The van der Waals surface area contributed by atoms with Gasteiger partial charge in [0, 0.05) is 6.42 Å². The zero-order valence-electron chi connectivity index (χ0n) is 7.20. The van der Waals surface area contributed by atoms with Crippen molar-refractivity contribution >= 4 is 15.9 Å². The summed E-state index contributed by atoms with van der Waals surface area (Å²) in [7, 11) is 0. The molecule has 0 spiro atoms. The molecule has 13 heavy (non-hydrogen) atoms. The van der Waals surface area contributed by atoms with Crippen LogP contribution in [0.3, 0.4) is 0 Å². The summed E-state index contributed by atoms with van der Waals surface area (Å²) < 4.78 is 12.0. The maximum Gasteiger partial charge on any atom is 0.134 e. The van der Waals surface area contributed by atoms with Crippen molar-refractivity contribution in [3.8, 4) is 5.75 Å². The van der Waals surface area contributed by atoms with Crippen molar-refractivity contribution in [2.75, 3.05) is 13.2 Å². The fraction of sp³-hybridized carbons (Fsp3) is 0.400. The first-order valence-electron chi connectivity index (χ1n) is 4.35. The van der Waals surface area contributed by atoms with Crippen LogP contribution >= 0.6 is 15.9 Å². The van der Waals surface area contributed by atoms with Gasteiger partial charge in [-0.05, 0) is 28.1 Å². The van der Waals surface area contributed by atoms with Crippen LogP contribution in [0.4, 0.5) is 0 Å². The second-order valence-electron chi connectivity index (χ2n) is 3.03. The van der Waals surface area contributed by atoms with Crippen LogP contribution in [0.15, 0.2) is 28.7 Å². The van der Waals surface area contributed by atoms with E-state index in [-0.39, 0.29) is 6.10 Å². The van der Waals surface area contributed by atoms with Gasteiger partial charge in [0.1, 0.15) is 11.9 Å². The zero-order valence-corrected chi connectivity index (χ0v) is 8.79. The van der Waals surface area contributed by atoms with E-state index in [1.165, 1.54) is 0 Å². The molecule has 1 heterocycles. The van der Waals surface area contributed by atoms with Crippen LogP contribution in [0.1, 0.15) is 6.42 Å². The van der Waals surface area contributed by atoms with E-state index in [1.54, 1.807) is 0 Å². The molecule has 1 saturated heterocycles. The Morgan fingerprint density at radius 1 is 1.38 bits per heavy atom. The molecule has 1 aliphatic heterocycles. The number of benzene rings is 1. The summed E-state index contributed by atoms with van der Waals surface area (Å²) in [6.45, 7) is 1.52. The molecule has 0 saturated carbocycles. The first kappa shape index (κ1) is 9.03. The Bertz CT molecular complexity index is 282. The summed E-state index contributed by atoms with van der Waals surface area (Å²) in [5.41, 5.74) is 0. The van der Waals surface area contributed by atoms with Crippen LogP contribution < -0.4 is 4.74 Å². The number of hydrogen-bond acceptors (Lipinski definition) is 2. The Morgan fingerprint density at radius 3 is 2.92 bits per heavy atom. The van der Waals surface area contributed by atoms with Gasteiger partial charge in [0.25, 0.3) is 0 Å². The van der Waals surface area contributed by atoms with Gasteiger partial charge in [-0.1, -0.05) is 12.1 Å². The maximum atomic E-state index is 5.73. The third-order valence-electron chi connectivity index (χ3n) is 2.02. The molecule has 1 aromatic rings. The first-order valence-corrected chi connectivity index (χ1v) is 5.14. The number of halogens is 1. The van der Waals surface area contributed by atoms with Crippen LogP contribution in [0, 0.1) is 0 Å². The van der Waals surface area contributed by atoms with E-state index in [1.807, 2.05) is 24.3 Å². The SMILES string of the molecule is Brc1ccccc1OC1CCOC1. The molecule has 0 bridgehead atoms. The van der Waals surface area contributed by atoms with Crippen molar-refractivity contribution in [3.05, 3.63) is 28.7 Å². The second kappa shape index (κ2) is 4.11. The predicted molar refractivity (Wildman–Crippen MR) is 54.0 cm³/mol. The fourth-order valence-corrected chi connectivity index (χ4v) is 1.70. The molecule has 1 aliphatic rings. The molecule has 1 aromatic carbocycles. The van der Waals surface area contributed by atoms with E-state index in [2.05, 4.69) is 15.9 Å². The second-order valence-corrected chi connectivity index (χ2v) is 3.89. The van der Waals surface area contributed by atoms with Gasteiger partial charge < -0.3 is 9.47 Å². The molecule has 3 heteroatoms. The van der Waals surface area contributed by atoms with E-state index in [9.17, 15) is 0 Å². The standard InChI is InChI=1S/C10H11BrO2/c11-9-3-1-2-4-10(9)13-8-5-6-12-7-8/h1-4,8H,5-7H2. The van der Waals surface area contributed by atoms with Crippen LogP contribution in [0.2, 0.25) is 0 Å². The highest BCUT2D eigenvalue weighted by Crippen LogP contribution is 2.26. The van der Waals surface area contributed by atoms with E-state index in [4.69, 9.17) is 9.47 Å². The topological polar surface area (TPSA) is 18.5 Å². The first-order chi connectivity index (χ1) is 6.36. The molecule has 0 aliphatic carbocycles. The molecule has 1 unspecified atom stereocenters. The molecule has 70 valence electrons. The molecule has 1 atom stereocenters. The highest BCUT2D eigenvalue weighted by Gasteiger charge is 2.17. The average molecular weight is 243 g/mol. The lowest BCUT2D eigenvalue weighted by molar-refractivity contribution is 0.141. The van der Waals surface area contributed by atoms with E-state index in [0.29, 0.717) is 6.61 Å². The summed E-state index contributed by atoms with van der Waals surface area (Å²) >= 11 is 3.44. The van der Waals surface area contributed by atoms with Gasteiger partial charge in [-0.25, -0.2) is 0 Å². The van der Waals surface area contributed by atoms with Crippen LogP contribution in [-0.4, -0.2) is 19.3 Å². The van der Waals surface area contributed by atoms with Gasteiger partial charge in [0.05, 0.1) is 17.7 Å². The lowest BCUT2D eigenvalue weighted by Crippen LogP contribution is -2.15. The monoisotopic (exact) mass is 242 g/mol. The predicted octanol–water partition coefficient (Wildman–Crippen LogP) is 2.62. The maximum absolute atomic E-state index is 5.73. The molecule has 0 radical (unpaired) electrons. The summed E-state index contributed by atoms with van der Waals surface area (Å²) in [6, 6.07) is 7.88. The van der Waals surface area contributed by atoms with Crippen LogP contribution in [0.25, 0.3) is 0 Å². The van der Waals surface area contributed by atoms with E-state index in [0.717, 1.165) is 23.2 Å². The number of para-hydroxylation sites is 1. The van der Waals surface area contributed by atoms with Crippen molar-refractivity contribution in [2.24, 2.45) is 0 Å². The van der Waals surface area contributed by atoms with Crippen LogP contribution in [0.5, 0.6) is 5.75 Å². The van der Waals surface area contributed by atoms with Crippen molar-refractivity contribution < 1.29 is 9.47 Å². The third-order valence-corrected chi connectivity index (χ3v) is 2.67. The fourth-order valence-electron chi connectivity index (χ4n) is 1.33. The minimum absolute atomic E-state index is 0.221. The molecule has 2 nitrogen and oxygen atoms in total. The van der Waals surface area contributed by atoms with Gasteiger partial charge in [-0.15, -0.1) is 0 Å². The summed E-state index contributed by atoms with van der Waals surface area (Å²) in [4.78, 5) is 0. The normalized spacial score (nSPS) is 21.8. The molecule has 0 N–H and O–H groups in total. The van der Waals surface area contributed by atoms with Gasteiger partial charge in [-0.2, -0.15) is 0 Å². The highest BCUT2D eigenvalue weighted by atomic mass is 79.9. The Hall–Kier alpha value is -0.540. The summed E-state index contributed by atoms with van der Waals surface area (Å²) in [6.07, 6.45) is 1.21. The van der Waals surface area contributed by atoms with Gasteiger partial charge in [0.15, 0.2) is 0 Å². The average Bonchev–Trinajstić information content (AvgIpc) is 2.61. The summed E-state index contributed by atoms with van der Waals surface area (Å²) in [5, 5.41) is 0. The molecular weight excluding hydrogens is 232 g/mol. The lowest BCUT2D eigenvalue weighted by atomic mass is 10.3. The Balaban J connectivity index is 2.04. The van der Waals surface area contributed by atoms with Crippen LogP contribution in [-0.2, 0) is 4.74 Å². The molecule has 2 rings (SSSR count). The number of ether oxygens (including phenoxy) is 2. The zero-order chi connectivity index (χ0) is 9.10. The Kier molecular flexibility index (Phi) is 2.86. The number of hydrogen-bond donors (Lipinski definition) is 0.